The zero-order chi connectivity index (χ0) is 20.5. The van der Waals surface area contributed by atoms with Crippen LogP contribution in [0.15, 0.2) is 24.3 Å². The molecule has 7 nitrogen and oxygen atoms in total. The smallest absolute Gasteiger partial charge is 0.231 e. The van der Waals surface area contributed by atoms with Gasteiger partial charge < -0.3 is 28.8 Å². The van der Waals surface area contributed by atoms with Gasteiger partial charge in [-0.3, -0.25) is 4.90 Å². The molecule has 0 spiro atoms. The Hall–Kier alpha value is -2.64. The average Bonchev–Trinajstić information content (AvgIpc) is 3.21. The Balaban J connectivity index is 1.70. The van der Waals surface area contributed by atoms with E-state index in [1.165, 1.54) is 5.56 Å². The molecule has 2 atom stereocenters. The number of aliphatic hydroxyl groups excluding tert-OH is 1. The van der Waals surface area contributed by atoms with Gasteiger partial charge in [0.05, 0.1) is 27.4 Å². The number of benzene rings is 2. The predicted octanol–water partition coefficient (Wildman–Crippen LogP) is 3.09. The van der Waals surface area contributed by atoms with Crippen LogP contribution in [0.25, 0.3) is 0 Å². The Labute approximate surface area is 170 Å². The van der Waals surface area contributed by atoms with Gasteiger partial charge in [0.1, 0.15) is 11.5 Å². The van der Waals surface area contributed by atoms with Gasteiger partial charge in [-0.2, -0.15) is 0 Å². The second kappa shape index (κ2) is 8.00. The van der Waals surface area contributed by atoms with Gasteiger partial charge in [-0.05, 0) is 43.7 Å². The van der Waals surface area contributed by atoms with Crippen molar-refractivity contribution in [3.63, 3.8) is 0 Å². The van der Waals surface area contributed by atoms with Crippen LogP contribution in [-0.2, 0) is 6.42 Å². The molecule has 0 saturated heterocycles. The molecule has 7 heteroatoms. The molecule has 0 saturated carbocycles. The third kappa shape index (κ3) is 3.45. The van der Waals surface area contributed by atoms with Crippen LogP contribution in [0.1, 0.15) is 35.3 Å². The van der Waals surface area contributed by atoms with E-state index in [9.17, 15) is 5.11 Å². The molecule has 2 aromatic carbocycles. The number of rotatable bonds is 6. The second-order valence-corrected chi connectivity index (χ2v) is 7.32. The Morgan fingerprint density at radius 1 is 1.14 bits per heavy atom. The molecule has 0 aliphatic carbocycles. The number of fused-ring (bicyclic) bond motifs is 2. The van der Waals surface area contributed by atoms with Crippen LogP contribution >= 0.6 is 0 Å². The van der Waals surface area contributed by atoms with Crippen molar-refractivity contribution in [3.05, 3.63) is 41.0 Å². The Morgan fingerprint density at radius 2 is 1.97 bits per heavy atom. The third-order valence-electron chi connectivity index (χ3n) is 5.79. The van der Waals surface area contributed by atoms with Crippen molar-refractivity contribution in [1.29, 1.82) is 0 Å². The topological polar surface area (TPSA) is 69.6 Å². The summed E-state index contributed by atoms with van der Waals surface area (Å²) >= 11 is 0. The highest BCUT2D eigenvalue weighted by Gasteiger charge is 2.35. The average molecular weight is 401 g/mol. The van der Waals surface area contributed by atoms with Gasteiger partial charge >= 0.3 is 0 Å². The van der Waals surface area contributed by atoms with E-state index in [0.29, 0.717) is 29.4 Å². The summed E-state index contributed by atoms with van der Waals surface area (Å²) in [6.07, 6.45) is 0.656. The summed E-state index contributed by atoms with van der Waals surface area (Å²) in [6, 6.07) is 7.47. The molecule has 0 fully saturated rings. The zero-order valence-corrected chi connectivity index (χ0v) is 17.2. The van der Waals surface area contributed by atoms with Crippen molar-refractivity contribution < 1.29 is 28.8 Å². The highest BCUT2D eigenvalue weighted by Crippen LogP contribution is 2.51. The lowest BCUT2D eigenvalue weighted by Gasteiger charge is -2.37. The van der Waals surface area contributed by atoms with Crippen molar-refractivity contribution in [2.45, 2.75) is 25.0 Å². The monoisotopic (exact) mass is 401 g/mol. The molecule has 156 valence electrons. The number of likely N-dealkylation sites (N-methyl/N-ethyl adjacent to an activating group) is 1. The van der Waals surface area contributed by atoms with Gasteiger partial charge in [0, 0.05) is 29.8 Å². The van der Waals surface area contributed by atoms with Crippen LogP contribution in [0.4, 0.5) is 0 Å². The van der Waals surface area contributed by atoms with E-state index in [4.69, 9.17) is 23.7 Å². The molecule has 0 amide bonds. The number of ether oxygens (including phenoxy) is 5. The van der Waals surface area contributed by atoms with Crippen molar-refractivity contribution in [3.8, 4) is 28.7 Å². The maximum absolute atomic E-state index is 11.1. The Morgan fingerprint density at radius 3 is 2.69 bits per heavy atom. The highest BCUT2D eigenvalue weighted by atomic mass is 16.7. The van der Waals surface area contributed by atoms with E-state index in [1.54, 1.807) is 27.4 Å². The molecule has 0 unspecified atom stereocenters. The largest absolute Gasteiger partial charge is 0.497 e. The Kier molecular flexibility index (Phi) is 5.43. The molecule has 2 aliphatic rings. The molecule has 2 aliphatic heterocycles. The first-order chi connectivity index (χ1) is 14.1. The minimum absolute atomic E-state index is 0.0370. The molecule has 1 N–H and O–H groups in total. The minimum Gasteiger partial charge on any atom is -0.497 e. The molecule has 4 rings (SSSR count). The number of methoxy groups -OCH3 is 3. The van der Waals surface area contributed by atoms with Gasteiger partial charge in [-0.1, -0.05) is 0 Å². The van der Waals surface area contributed by atoms with Crippen molar-refractivity contribution in [2.75, 3.05) is 41.7 Å². The van der Waals surface area contributed by atoms with E-state index >= 15 is 0 Å². The van der Waals surface area contributed by atoms with E-state index in [2.05, 4.69) is 11.9 Å². The third-order valence-corrected chi connectivity index (χ3v) is 5.79. The predicted molar refractivity (Wildman–Crippen MR) is 107 cm³/mol. The summed E-state index contributed by atoms with van der Waals surface area (Å²) in [5.41, 5.74) is 2.95. The molecular weight excluding hydrogens is 374 g/mol. The number of aliphatic hydroxyl groups is 1. The van der Waals surface area contributed by atoms with E-state index in [1.807, 2.05) is 18.2 Å². The molecule has 29 heavy (non-hydrogen) atoms. The Bertz CT molecular complexity index is 899. The highest BCUT2D eigenvalue weighted by molar-refractivity contribution is 5.62. The lowest BCUT2D eigenvalue weighted by molar-refractivity contribution is 0.105. The second-order valence-electron chi connectivity index (χ2n) is 7.32. The lowest BCUT2D eigenvalue weighted by Crippen LogP contribution is -2.33. The first-order valence-corrected chi connectivity index (χ1v) is 9.67. The zero-order valence-electron chi connectivity index (χ0n) is 17.2. The fourth-order valence-corrected chi connectivity index (χ4v) is 4.26. The SMILES string of the molecule is COc1ccc([C@H](O)C[C@H]2c3c(cc4c(c3OC)OCO4)CCN2C)c(OC)c1. The summed E-state index contributed by atoms with van der Waals surface area (Å²) < 4.78 is 27.7. The summed E-state index contributed by atoms with van der Waals surface area (Å²) in [6.45, 7) is 1.08. The molecule has 0 bridgehead atoms. The normalized spacial score (nSPS) is 18.9. The standard InChI is InChI=1S/C22H27NO6/c1-23-8-7-13-9-19-21(29-12-28-19)22(27-4)20(13)16(23)11-17(24)15-6-5-14(25-2)10-18(15)26-3/h5-6,9-10,16-17,24H,7-8,11-12H2,1-4H3/t16-,17+/m0/s1. The van der Waals surface area contributed by atoms with Crippen LogP contribution in [0.5, 0.6) is 28.7 Å². The molecule has 2 heterocycles. The van der Waals surface area contributed by atoms with Gasteiger partial charge in [0.2, 0.25) is 12.5 Å². The number of hydrogen-bond donors (Lipinski definition) is 1. The molecule has 0 radical (unpaired) electrons. The number of hydrogen-bond acceptors (Lipinski definition) is 7. The lowest BCUT2D eigenvalue weighted by atomic mass is 9.87. The van der Waals surface area contributed by atoms with Crippen molar-refractivity contribution in [2.24, 2.45) is 0 Å². The molecule has 0 aromatic heterocycles. The summed E-state index contributed by atoms with van der Waals surface area (Å²) in [5, 5.41) is 11.1. The van der Waals surface area contributed by atoms with Crippen LogP contribution in [-0.4, -0.2) is 51.7 Å². The first kappa shape index (κ1) is 19.7. The van der Waals surface area contributed by atoms with Crippen molar-refractivity contribution >= 4 is 0 Å². The van der Waals surface area contributed by atoms with Gasteiger partial charge in [-0.25, -0.2) is 0 Å². The van der Waals surface area contributed by atoms with E-state index in [0.717, 1.165) is 29.8 Å². The van der Waals surface area contributed by atoms with Crippen molar-refractivity contribution in [1.82, 2.24) is 4.90 Å². The van der Waals surface area contributed by atoms with Crippen LogP contribution in [0, 0.1) is 0 Å². The maximum atomic E-state index is 11.1. The number of nitrogens with zero attached hydrogens (tertiary/aromatic N) is 1. The fraction of sp³-hybridized carbons (Fsp3) is 0.455. The summed E-state index contributed by atoms with van der Waals surface area (Å²) in [4.78, 5) is 2.24. The summed E-state index contributed by atoms with van der Waals surface area (Å²) in [7, 11) is 6.91. The summed E-state index contributed by atoms with van der Waals surface area (Å²) in [5.74, 6) is 3.35. The molecular formula is C22H27NO6. The van der Waals surface area contributed by atoms with E-state index < -0.39 is 6.10 Å². The van der Waals surface area contributed by atoms with Crippen LogP contribution in [0.3, 0.4) is 0 Å². The van der Waals surface area contributed by atoms with Gasteiger partial charge in [0.15, 0.2) is 11.5 Å². The van der Waals surface area contributed by atoms with E-state index in [-0.39, 0.29) is 12.8 Å². The minimum atomic E-state index is -0.718. The van der Waals surface area contributed by atoms with Gasteiger partial charge in [0.25, 0.3) is 0 Å². The molecule has 2 aromatic rings. The first-order valence-electron chi connectivity index (χ1n) is 9.67. The fourth-order valence-electron chi connectivity index (χ4n) is 4.26. The maximum Gasteiger partial charge on any atom is 0.231 e. The van der Waals surface area contributed by atoms with Crippen LogP contribution < -0.4 is 23.7 Å². The quantitative estimate of drug-likeness (QED) is 0.798. The van der Waals surface area contributed by atoms with Crippen LogP contribution in [0.2, 0.25) is 0 Å². The van der Waals surface area contributed by atoms with Gasteiger partial charge in [-0.15, -0.1) is 0 Å².